The lowest BCUT2D eigenvalue weighted by molar-refractivity contribution is 0.270. The van der Waals surface area contributed by atoms with Gasteiger partial charge in [0.1, 0.15) is 5.75 Å². The monoisotopic (exact) mass is 236 g/mol. The van der Waals surface area contributed by atoms with Crippen LogP contribution in [0.2, 0.25) is 0 Å². The minimum absolute atomic E-state index is 0.316. The van der Waals surface area contributed by atoms with Crippen LogP contribution in [0.3, 0.4) is 0 Å². The highest BCUT2D eigenvalue weighted by Crippen LogP contribution is 2.15. The molecule has 1 rings (SSSR count). The molecule has 1 aromatic carbocycles. The van der Waals surface area contributed by atoms with Gasteiger partial charge in [0.25, 0.3) is 0 Å². The Morgan fingerprint density at radius 1 is 1.18 bits per heavy atom. The molecule has 1 aromatic rings. The first-order chi connectivity index (χ1) is 8.00. The van der Waals surface area contributed by atoms with Crippen molar-refractivity contribution in [1.82, 2.24) is 10.2 Å². The molecule has 0 saturated heterocycles. The number of phenolic OH excluding ortho intramolecular Hbond substituents is 1. The molecule has 0 aliphatic carbocycles. The molecule has 0 aromatic heterocycles. The van der Waals surface area contributed by atoms with E-state index in [1.54, 1.807) is 12.1 Å². The lowest BCUT2D eigenvalue weighted by atomic mass is 10.1. The van der Waals surface area contributed by atoms with Crippen molar-refractivity contribution in [3.8, 4) is 5.75 Å². The Kier molecular flexibility index (Phi) is 5.45. The standard InChI is InChI=1S/C14H24N2O/c1-11(2)16(4)10-9-15-12(3)13-5-7-14(17)8-6-13/h5-8,11-12,15,17H,9-10H2,1-4H3. The molecule has 17 heavy (non-hydrogen) atoms. The van der Waals surface area contributed by atoms with Gasteiger partial charge in [-0.3, -0.25) is 0 Å². The predicted molar refractivity (Wildman–Crippen MR) is 72.3 cm³/mol. The summed E-state index contributed by atoms with van der Waals surface area (Å²) in [5.74, 6) is 0.320. The van der Waals surface area contributed by atoms with Crippen LogP contribution in [0.1, 0.15) is 32.4 Å². The Labute approximate surface area is 104 Å². The van der Waals surface area contributed by atoms with Crippen molar-refractivity contribution in [2.24, 2.45) is 0 Å². The number of nitrogens with one attached hydrogen (secondary N) is 1. The largest absolute Gasteiger partial charge is 0.508 e. The molecule has 0 saturated carbocycles. The molecule has 1 unspecified atom stereocenters. The lowest BCUT2D eigenvalue weighted by Crippen LogP contribution is -2.34. The van der Waals surface area contributed by atoms with E-state index in [4.69, 9.17) is 0 Å². The minimum atomic E-state index is 0.316. The first-order valence-corrected chi connectivity index (χ1v) is 6.23. The number of hydrogen-bond acceptors (Lipinski definition) is 3. The highest BCUT2D eigenvalue weighted by Gasteiger charge is 2.06. The molecule has 0 fully saturated rings. The van der Waals surface area contributed by atoms with Crippen molar-refractivity contribution in [1.29, 1.82) is 0 Å². The molecule has 0 radical (unpaired) electrons. The zero-order chi connectivity index (χ0) is 12.8. The van der Waals surface area contributed by atoms with E-state index in [-0.39, 0.29) is 0 Å². The third-order valence-electron chi connectivity index (χ3n) is 3.19. The van der Waals surface area contributed by atoms with Crippen molar-refractivity contribution < 1.29 is 5.11 Å². The van der Waals surface area contributed by atoms with Crippen LogP contribution in [-0.2, 0) is 0 Å². The average molecular weight is 236 g/mol. The number of nitrogens with zero attached hydrogens (tertiary/aromatic N) is 1. The summed E-state index contributed by atoms with van der Waals surface area (Å²) in [7, 11) is 2.14. The summed E-state index contributed by atoms with van der Waals surface area (Å²) in [6.07, 6.45) is 0. The van der Waals surface area contributed by atoms with Crippen LogP contribution in [0.15, 0.2) is 24.3 Å². The predicted octanol–water partition coefficient (Wildman–Crippen LogP) is 2.38. The Morgan fingerprint density at radius 2 is 1.76 bits per heavy atom. The van der Waals surface area contributed by atoms with E-state index in [1.807, 2.05) is 12.1 Å². The van der Waals surface area contributed by atoms with E-state index < -0.39 is 0 Å². The number of benzene rings is 1. The molecule has 1 atom stereocenters. The first kappa shape index (κ1) is 14.0. The molecule has 0 bridgehead atoms. The lowest BCUT2D eigenvalue weighted by Gasteiger charge is -2.22. The van der Waals surface area contributed by atoms with Crippen molar-refractivity contribution in [3.05, 3.63) is 29.8 Å². The normalized spacial score (nSPS) is 13.3. The van der Waals surface area contributed by atoms with Crippen molar-refractivity contribution in [2.75, 3.05) is 20.1 Å². The molecule has 3 nitrogen and oxygen atoms in total. The van der Waals surface area contributed by atoms with Gasteiger partial charge in [0.2, 0.25) is 0 Å². The van der Waals surface area contributed by atoms with Crippen LogP contribution in [-0.4, -0.2) is 36.2 Å². The summed E-state index contributed by atoms with van der Waals surface area (Å²) in [5.41, 5.74) is 1.20. The second kappa shape index (κ2) is 6.62. The van der Waals surface area contributed by atoms with E-state index in [1.165, 1.54) is 5.56 Å². The van der Waals surface area contributed by atoms with E-state index >= 15 is 0 Å². The van der Waals surface area contributed by atoms with Gasteiger partial charge in [-0.1, -0.05) is 12.1 Å². The smallest absolute Gasteiger partial charge is 0.115 e. The van der Waals surface area contributed by atoms with Crippen LogP contribution in [0.4, 0.5) is 0 Å². The molecule has 0 heterocycles. The number of likely N-dealkylation sites (N-methyl/N-ethyl adjacent to an activating group) is 1. The van der Waals surface area contributed by atoms with E-state index in [2.05, 4.69) is 38.0 Å². The fourth-order valence-corrected chi connectivity index (χ4v) is 1.60. The Morgan fingerprint density at radius 3 is 2.29 bits per heavy atom. The molecular weight excluding hydrogens is 212 g/mol. The number of phenols is 1. The number of hydrogen-bond donors (Lipinski definition) is 2. The topological polar surface area (TPSA) is 35.5 Å². The van der Waals surface area contributed by atoms with E-state index in [0.717, 1.165) is 13.1 Å². The fourth-order valence-electron chi connectivity index (χ4n) is 1.60. The van der Waals surface area contributed by atoms with Gasteiger partial charge in [0.15, 0.2) is 0 Å². The van der Waals surface area contributed by atoms with Gasteiger partial charge < -0.3 is 15.3 Å². The summed E-state index contributed by atoms with van der Waals surface area (Å²) < 4.78 is 0. The fraction of sp³-hybridized carbons (Fsp3) is 0.571. The second-order valence-electron chi connectivity index (χ2n) is 4.84. The summed E-state index contributed by atoms with van der Waals surface area (Å²) in [5, 5.41) is 12.7. The van der Waals surface area contributed by atoms with Crippen LogP contribution >= 0.6 is 0 Å². The zero-order valence-electron chi connectivity index (χ0n) is 11.3. The second-order valence-corrected chi connectivity index (χ2v) is 4.84. The third-order valence-corrected chi connectivity index (χ3v) is 3.19. The van der Waals surface area contributed by atoms with Gasteiger partial charge in [-0.05, 0) is 45.5 Å². The summed E-state index contributed by atoms with van der Waals surface area (Å²) in [6.45, 7) is 8.55. The number of rotatable bonds is 6. The first-order valence-electron chi connectivity index (χ1n) is 6.23. The Bertz CT molecular complexity index is 321. The van der Waals surface area contributed by atoms with E-state index in [9.17, 15) is 5.11 Å². The van der Waals surface area contributed by atoms with Gasteiger partial charge in [-0.25, -0.2) is 0 Å². The van der Waals surface area contributed by atoms with Crippen LogP contribution in [0.25, 0.3) is 0 Å². The van der Waals surface area contributed by atoms with Gasteiger partial charge in [0, 0.05) is 25.2 Å². The minimum Gasteiger partial charge on any atom is -0.508 e. The molecule has 3 heteroatoms. The van der Waals surface area contributed by atoms with Crippen molar-refractivity contribution in [2.45, 2.75) is 32.9 Å². The molecule has 0 amide bonds. The highest BCUT2D eigenvalue weighted by atomic mass is 16.3. The SMILES string of the molecule is CC(NCCN(C)C(C)C)c1ccc(O)cc1. The Balaban J connectivity index is 2.34. The van der Waals surface area contributed by atoms with E-state index in [0.29, 0.717) is 17.8 Å². The van der Waals surface area contributed by atoms with Crippen molar-refractivity contribution >= 4 is 0 Å². The van der Waals surface area contributed by atoms with Gasteiger partial charge >= 0.3 is 0 Å². The summed E-state index contributed by atoms with van der Waals surface area (Å²) in [4.78, 5) is 2.32. The molecule has 2 N–H and O–H groups in total. The molecular formula is C14H24N2O. The van der Waals surface area contributed by atoms with Crippen LogP contribution < -0.4 is 5.32 Å². The van der Waals surface area contributed by atoms with Crippen LogP contribution in [0, 0.1) is 0 Å². The summed E-state index contributed by atoms with van der Waals surface area (Å²) >= 11 is 0. The maximum absolute atomic E-state index is 9.22. The van der Waals surface area contributed by atoms with Gasteiger partial charge in [-0.2, -0.15) is 0 Å². The van der Waals surface area contributed by atoms with Gasteiger partial charge in [-0.15, -0.1) is 0 Å². The molecule has 0 aliphatic heterocycles. The van der Waals surface area contributed by atoms with Crippen LogP contribution in [0.5, 0.6) is 5.75 Å². The summed E-state index contributed by atoms with van der Waals surface area (Å²) in [6, 6.07) is 8.27. The molecule has 0 aliphatic rings. The molecule has 96 valence electrons. The van der Waals surface area contributed by atoms with Crippen molar-refractivity contribution in [3.63, 3.8) is 0 Å². The zero-order valence-corrected chi connectivity index (χ0v) is 11.3. The average Bonchev–Trinajstić information content (AvgIpc) is 2.29. The van der Waals surface area contributed by atoms with Gasteiger partial charge in [0.05, 0.1) is 0 Å². The number of aromatic hydroxyl groups is 1. The maximum atomic E-state index is 9.22. The Hall–Kier alpha value is -1.06. The maximum Gasteiger partial charge on any atom is 0.115 e. The quantitative estimate of drug-likeness (QED) is 0.796. The third kappa shape index (κ3) is 4.75. The molecule has 0 spiro atoms. The highest BCUT2D eigenvalue weighted by molar-refractivity contribution is 5.27.